The van der Waals surface area contributed by atoms with Gasteiger partial charge in [0.1, 0.15) is 0 Å². The zero-order chi connectivity index (χ0) is 16.5. The second kappa shape index (κ2) is 5.92. The molecule has 0 bridgehead atoms. The van der Waals surface area contributed by atoms with Crippen molar-refractivity contribution in [2.45, 2.75) is 26.4 Å². The van der Waals surface area contributed by atoms with Crippen molar-refractivity contribution in [1.82, 2.24) is 29.7 Å². The molecule has 0 N–H and O–H groups in total. The molecule has 3 aromatic rings. The fourth-order valence-electron chi connectivity index (χ4n) is 3.08. The molecule has 122 valence electrons. The Morgan fingerprint density at radius 1 is 1.17 bits per heavy atom. The Balaban J connectivity index is 1.64. The van der Waals surface area contributed by atoms with Crippen molar-refractivity contribution in [3.05, 3.63) is 59.7 Å². The summed E-state index contributed by atoms with van der Waals surface area (Å²) in [5.41, 5.74) is 3.35. The molecule has 0 radical (unpaired) electrons. The van der Waals surface area contributed by atoms with Gasteiger partial charge >= 0.3 is 0 Å². The van der Waals surface area contributed by atoms with E-state index in [2.05, 4.69) is 15.4 Å². The number of fused-ring (bicyclic) bond motifs is 1. The van der Waals surface area contributed by atoms with Gasteiger partial charge in [-0.05, 0) is 31.5 Å². The monoisotopic (exact) mass is 322 g/mol. The maximum absolute atomic E-state index is 13.0. The van der Waals surface area contributed by atoms with Crippen LogP contribution >= 0.6 is 0 Å². The van der Waals surface area contributed by atoms with Gasteiger partial charge in [0.25, 0.3) is 5.91 Å². The summed E-state index contributed by atoms with van der Waals surface area (Å²) in [7, 11) is 0. The Labute approximate surface area is 139 Å². The fraction of sp³-hybridized carbons (Fsp3) is 0.294. The molecule has 0 saturated carbocycles. The molecule has 1 aliphatic heterocycles. The highest BCUT2D eigenvalue weighted by Crippen LogP contribution is 2.17. The number of hydrogen-bond acceptors (Lipinski definition) is 4. The molecule has 1 amide bonds. The van der Waals surface area contributed by atoms with Gasteiger partial charge < -0.3 is 4.90 Å². The van der Waals surface area contributed by atoms with Crippen LogP contribution in [0.3, 0.4) is 0 Å². The lowest BCUT2D eigenvalue weighted by Gasteiger charge is -2.20. The molecule has 0 fully saturated rings. The van der Waals surface area contributed by atoms with Crippen molar-refractivity contribution in [3.8, 4) is 5.69 Å². The van der Waals surface area contributed by atoms with Crippen LogP contribution in [0.2, 0.25) is 0 Å². The van der Waals surface area contributed by atoms with Crippen LogP contribution in [0.1, 0.15) is 28.3 Å². The first-order chi connectivity index (χ1) is 11.7. The van der Waals surface area contributed by atoms with Crippen LogP contribution in [0.5, 0.6) is 0 Å². The number of aromatic nitrogens is 5. The summed E-state index contributed by atoms with van der Waals surface area (Å²) < 4.78 is 3.59. The lowest BCUT2D eigenvalue weighted by atomic mass is 10.3. The average Bonchev–Trinajstić information content (AvgIpc) is 3.16. The summed E-state index contributed by atoms with van der Waals surface area (Å²) >= 11 is 0. The third kappa shape index (κ3) is 2.58. The quantitative estimate of drug-likeness (QED) is 0.722. The minimum atomic E-state index is -0.0591. The van der Waals surface area contributed by atoms with Crippen molar-refractivity contribution in [2.24, 2.45) is 0 Å². The van der Waals surface area contributed by atoms with Gasteiger partial charge in [-0.1, -0.05) is 23.4 Å². The van der Waals surface area contributed by atoms with Crippen LogP contribution < -0.4 is 0 Å². The van der Waals surface area contributed by atoms with E-state index >= 15 is 0 Å². The third-order valence-corrected chi connectivity index (χ3v) is 4.19. The van der Waals surface area contributed by atoms with Gasteiger partial charge in [0.15, 0.2) is 5.69 Å². The van der Waals surface area contributed by atoms with E-state index in [1.54, 1.807) is 4.68 Å². The number of hydrogen-bond donors (Lipinski definition) is 0. The standard InChI is InChI=1S/C17H18N6O/c1-13-10-15-12-21(8-5-9-22(15)19-13)17(24)16-11-18-20-23(16)14-6-3-2-4-7-14/h2-4,6-7,10-11H,5,8-9,12H2,1H3. The molecule has 7 heteroatoms. The van der Waals surface area contributed by atoms with Crippen LogP contribution in [0.25, 0.3) is 5.69 Å². The van der Waals surface area contributed by atoms with Gasteiger partial charge in [0.2, 0.25) is 0 Å². The summed E-state index contributed by atoms with van der Waals surface area (Å²) in [5.74, 6) is -0.0591. The number of rotatable bonds is 2. The highest BCUT2D eigenvalue weighted by Gasteiger charge is 2.24. The highest BCUT2D eigenvalue weighted by molar-refractivity contribution is 5.92. The highest BCUT2D eigenvalue weighted by atomic mass is 16.2. The van der Waals surface area contributed by atoms with E-state index in [1.807, 2.05) is 52.9 Å². The van der Waals surface area contributed by atoms with Crippen LogP contribution in [-0.4, -0.2) is 42.1 Å². The number of nitrogens with zero attached hydrogens (tertiary/aromatic N) is 6. The van der Waals surface area contributed by atoms with Crippen molar-refractivity contribution in [3.63, 3.8) is 0 Å². The summed E-state index contributed by atoms with van der Waals surface area (Å²) in [6.07, 6.45) is 2.41. The number of para-hydroxylation sites is 1. The molecule has 0 atom stereocenters. The molecule has 0 aliphatic carbocycles. The number of carbonyl (C=O) groups is 1. The maximum atomic E-state index is 13.0. The molecular formula is C17H18N6O. The topological polar surface area (TPSA) is 68.8 Å². The van der Waals surface area contributed by atoms with Crippen LogP contribution in [-0.2, 0) is 13.1 Å². The molecule has 1 aromatic carbocycles. The van der Waals surface area contributed by atoms with E-state index in [1.165, 1.54) is 6.20 Å². The Morgan fingerprint density at radius 2 is 2.00 bits per heavy atom. The second-order valence-corrected chi connectivity index (χ2v) is 5.95. The summed E-state index contributed by atoms with van der Waals surface area (Å²) in [6.45, 7) is 4.06. The van der Waals surface area contributed by atoms with Crippen LogP contribution in [0.4, 0.5) is 0 Å². The number of benzene rings is 1. The minimum Gasteiger partial charge on any atom is -0.331 e. The van der Waals surface area contributed by atoms with Crippen molar-refractivity contribution in [2.75, 3.05) is 6.54 Å². The molecule has 0 saturated heterocycles. The molecule has 0 spiro atoms. The first kappa shape index (κ1) is 14.6. The molecule has 0 unspecified atom stereocenters. The van der Waals surface area contributed by atoms with Crippen LogP contribution in [0.15, 0.2) is 42.6 Å². The molecule has 1 aliphatic rings. The largest absolute Gasteiger partial charge is 0.331 e. The molecule has 24 heavy (non-hydrogen) atoms. The Bertz CT molecular complexity index is 866. The van der Waals surface area contributed by atoms with Gasteiger partial charge in [0, 0.05) is 13.1 Å². The number of aryl methyl sites for hydroxylation is 2. The predicted molar refractivity (Wildman–Crippen MR) is 87.7 cm³/mol. The summed E-state index contributed by atoms with van der Waals surface area (Å²) in [5, 5.41) is 12.5. The Kier molecular flexibility index (Phi) is 3.60. The van der Waals surface area contributed by atoms with Crippen molar-refractivity contribution < 1.29 is 4.79 Å². The lowest BCUT2D eigenvalue weighted by molar-refractivity contribution is 0.0736. The average molecular weight is 322 g/mol. The maximum Gasteiger partial charge on any atom is 0.274 e. The number of amides is 1. The van der Waals surface area contributed by atoms with E-state index in [0.29, 0.717) is 18.8 Å². The summed E-state index contributed by atoms with van der Waals surface area (Å²) in [4.78, 5) is 14.9. The van der Waals surface area contributed by atoms with E-state index < -0.39 is 0 Å². The zero-order valence-corrected chi connectivity index (χ0v) is 13.5. The van der Waals surface area contributed by atoms with Crippen LogP contribution in [0, 0.1) is 6.92 Å². The van der Waals surface area contributed by atoms with Crippen molar-refractivity contribution in [1.29, 1.82) is 0 Å². The molecule has 4 rings (SSSR count). The van der Waals surface area contributed by atoms with E-state index in [4.69, 9.17) is 0 Å². The van der Waals surface area contributed by atoms with E-state index in [9.17, 15) is 4.79 Å². The molecular weight excluding hydrogens is 304 g/mol. The third-order valence-electron chi connectivity index (χ3n) is 4.19. The minimum absolute atomic E-state index is 0.0591. The fourth-order valence-corrected chi connectivity index (χ4v) is 3.08. The van der Waals surface area contributed by atoms with Gasteiger partial charge in [-0.15, -0.1) is 5.10 Å². The second-order valence-electron chi connectivity index (χ2n) is 5.95. The lowest BCUT2D eigenvalue weighted by Crippen LogP contribution is -2.32. The molecule has 3 heterocycles. The SMILES string of the molecule is Cc1cc2n(n1)CCCN(C(=O)c1cnnn1-c1ccccc1)C2. The Morgan fingerprint density at radius 3 is 2.83 bits per heavy atom. The molecule has 7 nitrogen and oxygen atoms in total. The zero-order valence-electron chi connectivity index (χ0n) is 13.5. The van der Waals surface area contributed by atoms with Gasteiger partial charge in [-0.25, -0.2) is 4.68 Å². The normalized spacial score (nSPS) is 14.3. The Hall–Kier alpha value is -2.96. The van der Waals surface area contributed by atoms with Gasteiger partial charge in [-0.3, -0.25) is 9.48 Å². The predicted octanol–water partition coefficient (Wildman–Crippen LogP) is 1.82. The first-order valence-electron chi connectivity index (χ1n) is 8.01. The van der Waals surface area contributed by atoms with Crippen molar-refractivity contribution >= 4 is 5.91 Å². The first-order valence-corrected chi connectivity index (χ1v) is 8.01. The van der Waals surface area contributed by atoms with E-state index in [0.717, 1.165) is 30.0 Å². The smallest absolute Gasteiger partial charge is 0.274 e. The van der Waals surface area contributed by atoms with Gasteiger partial charge in [-0.2, -0.15) is 5.10 Å². The molecule has 2 aromatic heterocycles. The number of carbonyl (C=O) groups excluding carboxylic acids is 1. The summed E-state index contributed by atoms with van der Waals surface area (Å²) in [6, 6.07) is 11.6. The van der Waals surface area contributed by atoms with E-state index in [-0.39, 0.29) is 5.91 Å². The van der Waals surface area contributed by atoms with Gasteiger partial charge in [0.05, 0.1) is 29.8 Å².